The molecule has 0 fully saturated rings. The third-order valence-corrected chi connectivity index (χ3v) is 5.74. The van der Waals surface area contributed by atoms with Crippen LogP contribution in [-0.4, -0.2) is 47.0 Å². The highest BCUT2D eigenvalue weighted by molar-refractivity contribution is 5.94. The Morgan fingerprint density at radius 1 is 1.08 bits per heavy atom. The van der Waals surface area contributed by atoms with Gasteiger partial charge in [-0.05, 0) is 25.1 Å². The Morgan fingerprint density at radius 2 is 1.83 bits per heavy atom. The van der Waals surface area contributed by atoms with E-state index in [2.05, 4.69) is 25.2 Å². The summed E-state index contributed by atoms with van der Waals surface area (Å²) >= 11 is 0. The molecule has 1 atom stereocenters. The SMILES string of the molecule is Cc1ccc(OC[C@H](O)Cn2c(N=Nc3c(O)[nH]c4ccccc34)nc3c2c(=O)[nH]c(=O)n3C)cc1. The van der Waals surface area contributed by atoms with Gasteiger partial charge in [-0.25, -0.2) is 4.79 Å². The zero-order valence-corrected chi connectivity index (χ0v) is 19.5. The van der Waals surface area contributed by atoms with E-state index in [0.717, 1.165) is 5.56 Å². The average molecular weight is 489 g/mol. The largest absolute Gasteiger partial charge is 0.493 e. The minimum atomic E-state index is -1.05. The number of ether oxygens (including phenoxy) is 1. The number of benzene rings is 2. The predicted octanol–water partition coefficient (Wildman–Crippen LogP) is 2.77. The summed E-state index contributed by atoms with van der Waals surface area (Å²) in [4.78, 5) is 34.2. The predicted molar refractivity (Wildman–Crippen MR) is 132 cm³/mol. The van der Waals surface area contributed by atoms with Crippen LogP contribution in [0.4, 0.5) is 11.6 Å². The molecule has 0 saturated carbocycles. The molecule has 2 aromatic carbocycles. The monoisotopic (exact) mass is 489 g/mol. The van der Waals surface area contributed by atoms with Gasteiger partial charge in [-0.3, -0.25) is 18.9 Å². The molecular formula is C24H23N7O5. The first-order chi connectivity index (χ1) is 17.3. The van der Waals surface area contributed by atoms with Gasteiger partial charge in [0, 0.05) is 12.4 Å². The van der Waals surface area contributed by atoms with Crippen LogP contribution in [0.25, 0.3) is 22.1 Å². The van der Waals surface area contributed by atoms with Crippen LogP contribution in [0.3, 0.4) is 0 Å². The van der Waals surface area contributed by atoms with E-state index in [1.54, 1.807) is 30.3 Å². The maximum atomic E-state index is 12.7. The maximum absolute atomic E-state index is 12.7. The van der Waals surface area contributed by atoms with Crippen molar-refractivity contribution in [2.24, 2.45) is 17.3 Å². The normalized spacial score (nSPS) is 12.6. The second-order valence-corrected chi connectivity index (χ2v) is 8.36. The molecule has 0 amide bonds. The highest BCUT2D eigenvalue weighted by atomic mass is 16.5. The van der Waals surface area contributed by atoms with Crippen LogP contribution in [-0.2, 0) is 13.6 Å². The van der Waals surface area contributed by atoms with Crippen molar-refractivity contribution in [3.05, 3.63) is 74.9 Å². The summed E-state index contributed by atoms with van der Waals surface area (Å²) in [7, 11) is 1.46. The molecular weight excluding hydrogens is 466 g/mol. The van der Waals surface area contributed by atoms with Crippen molar-refractivity contribution in [1.29, 1.82) is 0 Å². The number of hydrogen-bond donors (Lipinski definition) is 4. The maximum Gasteiger partial charge on any atom is 0.329 e. The molecule has 0 aliphatic rings. The first-order valence-electron chi connectivity index (χ1n) is 11.1. The molecule has 5 aromatic rings. The van der Waals surface area contributed by atoms with Gasteiger partial charge in [0.2, 0.25) is 5.88 Å². The van der Waals surface area contributed by atoms with Crippen molar-refractivity contribution in [3.63, 3.8) is 0 Å². The summed E-state index contributed by atoms with van der Waals surface area (Å²) in [6.45, 7) is 1.78. The average Bonchev–Trinajstić information content (AvgIpc) is 3.38. The number of imidazole rings is 1. The van der Waals surface area contributed by atoms with E-state index in [0.29, 0.717) is 16.7 Å². The summed E-state index contributed by atoms with van der Waals surface area (Å²) in [5.74, 6) is 0.375. The number of aromatic amines is 2. The lowest BCUT2D eigenvalue weighted by molar-refractivity contribution is 0.0937. The standard InChI is InChI=1S/C24H23N7O5/c1-13-7-9-15(10-8-13)36-12-14(32)11-31-19-20(30(2)24(35)27-22(19)34)26-23(31)29-28-18-16-5-3-4-6-17(16)25-21(18)33/h3-10,14,25,32-33H,11-12H2,1-2H3,(H,27,34,35)/t14-/m1/s1. The quantitative estimate of drug-likeness (QED) is 0.257. The van der Waals surface area contributed by atoms with E-state index in [9.17, 15) is 19.8 Å². The smallest absolute Gasteiger partial charge is 0.329 e. The number of aromatic hydroxyl groups is 1. The minimum absolute atomic E-state index is 0.0317. The fraction of sp³-hybridized carbons (Fsp3) is 0.208. The van der Waals surface area contributed by atoms with E-state index < -0.39 is 17.4 Å². The number of aliphatic hydroxyl groups is 1. The van der Waals surface area contributed by atoms with Gasteiger partial charge in [0.05, 0.1) is 12.1 Å². The Balaban J connectivity index is 1.52. The zero-order chi connectivity index (χ0) is 25.4. The number of fused-ring (bicyclic) bond motifs is 2. The van der Waals surface area contributed by atoms with Gasteiger partial charge in [0.25, 0.3) is 11.5 Å². The highest BCUT2D eigenvalue weighted by Gasteiger charge is 2.20. The third kappa shape index (κ3) is 4.25. The number of hydrogen-bond acceptors (Lipinski definition) is 8. The van der Waals surface area contributed by atoms with Gasteiger partial charge in [-0.1, -0.05) is 35.9 Å². The van der Waals surface area contributed by atoms with Gasteiger partial charge < -0.3 is 19.9 Å². The Hall–Kier alpha value is -4.71. The van der Waals surface area contributed by atoms with Gasteiger partial charge in [-0.15, -0.1) is 10.2 Å². The Kier molecular flexibility index (Phi) is 5.86. The number of aliphatic hydroxyl groups excluding tert-OH is 1. The second kappa shape index (κ2) is 9.15. The molecule has 0 aliphatic carbocycles. The summed E-state index contributed by atoms with van der Waals surface area (Å²) in [5.41, 5.74) is 0.738. The second-order valence-electron chi connectivity index (χ2n) is 8.36. The summed E-state index contributed by atoms with van der Waals surface area (Å²) in [6, 6.07) is 14.5. The lowest BCUT2D eigenvalue weighted by Crippen LogP contribution is -2.30. The third-order valence-electron chi connectivity index (χ3n) is 5.74. The van der Waals surface area contributed by atoms with E-state index in [1.807, 2.05) is 25.1 Å². The van der Waals surface area contributed by atoms with Crippen molar-refractivity contribution >= 4 is 33.7 Å². The van der Waals surface area contributed by atoms with Crippen LogP contribution < -0.4 is 16.0 Å². The summed E-state index contributed by atoms with van der Waals surface area (Å²) < 4.78 is 8.20. The van der Waals surface area contributed by atoms with Crippen molar-refractivity contribution in [1.82, 2.24) is 24.1 Å². The molecule has 0 bridgehead atoms. The Labute approximate surface area is 203 Å². The number of H-pyrrole nitrogens is 2. The number of nitrogens with zero attached hydrogens (tertiary/aromatic N) is 5. The fourth-order valence-electron chi connectivity index (χ4n) is 3.87. The van der Waals surface area contributed by atoms with Crippen molar-refractivity contribution in [2.45, 2.75) is 19.6 Å². The summed E-state index contributed by atoms with van der Waals surface area (Å²) in [6.07, 6.45) is -1.05. The summed E-state index contributed by atoms with van der Waals surface area (Å²) in [5, 5.41) is 30.0. The number of aromatic nitrogens is 5. The molecule has 3 heterocycles. The molecule has 5 rings (SSSR count). The molecule has 4 N–H and O–H groups in total. The molecule has 184 valence electrons. The first kappa shape index (κ1) is 23.1. The number of rotatable bonds is 7. The van der Waals surface area contributed by atoms with Crippen LogP contribution in [0.1, 0.15) is 5.56 Å². The molecule has 36 heavy (non-hydrogen) atoms. The lowest BCUT2D eigenvalue weighted by Gasteiger charge is -2.14. The molecule has 3 aromatic heterocycles. The lowest BCUT2D eigenvalue weighted by atomic mass is 10.2. The molecule has 0 saturated heterocycles. The van der Waals surface area contributed by atoms with Crippen molar-refractivity contribution in [3.8, 4) is 11.6 Å². The van der Waals surface area contributed by atoms with Crippen LogP contribution in [0.15, 0.2) is 68.3 Å². The molecule has 0 unspecified atom stereocenters. The van der Waals surface area contributed by atoms with Crippen molar-refractivity contribution in [2.75, 3.05) is 6.61 Å². The number of para-hydroxylation sites is 1. The molecule has 0 radical (unpaired) electrons. The Morgan fingerprint density at radius 3 is 2.61 bits per heavy atom. The van der Waals surface area contributed by atoms with E-state index in [-0.39, 0.29) is 41.8 Å². The van der Waals surface area contributed by atoms with Crippen LogP contribution in [0, 0.1) is 6.92 Å². The zero-order valence-electron chi connectivity index (χ0n) is 19.5. The van der Waals surface area contributed by atoms with Crippen LogP contribution in [0.5, 0.6) is 11.6 Å². The van der Waals surface area contributed by atoms with Crippen LogP contribution >= 0.6 is 0 Å². The van der Waals surface area contributed by atoms with E-state index in [1.165, 1.54) is 16.2 Å². The van der Waals surface area contributed by atoms with Gasteiger partial charge in [0.1, 0.15) is 18.5 Å². The number of aryl methyl sites for hydroxylation is 2. The molecule has 12 heteroatoms. The Bertz CT molecular complexity index is 1710. The van der Waals surface area contributed by atoms with Gasteiger partial charge in [0.15, 0.2) is 16.9 Å². The minimum Gasteiger partial charge on any atom is -0.493 e. The highest BCUT2D eigenvalue weighted by Crippen LogP contribution is 2.36. The molecule has 12 nitrogen and oxygen atoms in total. The number of nitrogens with one attached hydrogen (secondary N) is 2. The van der Waals surface area contributed by atoms with Crippen molar-refractivity contribution < 1.29 is 14.9 Å². The van der Waals surface area contributed by atoms with E-state index in [4.69, 9.17) is 4.74 Å². The molecule has 0 spiro atoms. The van der Waals surface area contributed by atoms with Gasteiger partial charge in [-0.2, -0.15) is 4.98 Å². The number of azo groups is 1. The molecule has 0 aliphatic heterocycles. The topological polar surface area (TPSA) is 163 Å². The van der Waals surface area contributed by atoms with Gasteiger partial charge >= 0.3 is 5.69 Å². The fourth-order valence-corrected chi connectivity index (χ4v) is 3.87. The van der Waals surface area contributed by atoms with E-state index >= 15 is 0 Å². The van der Waals surface area contributed by atoms with Crippen LogP contribution in [0.2, 0.25) is 0 Å². The first-order valence-corrected chi connectivity index (χ1v) is 11.1.